The summed E-state index contributed by atoms with van der Waals surface area (Å²) in [6.07, 6.45) is 0.691. The predicted molar refractivity (Wildman–Crippen MR) is 144 cm³/mol. The molecule has 3 aromatic carbocycles. The zero-order chi connectivity index (χ0) is 25.8. The van der Waals surface area contributed by atoms with Gasteiger partial charge >= 0.3 is 0 Å². The Hall–Kier alpha value is -3.38. The number of benzene rings is 3. The lowest BCUT2D eigenvalue weighted by atomic mass is 10.1. The zero-order valence-corrected chi connectivity index (χ0v) is 21.7. The van der Waals surface area contributed by atoms with Crippen LogP contribution in [0.4, 0.5) is 5.69 Å². The van der Waals surface area contributed by atoms with Crippen LogP contribution in [0.2, 0.25) is 5.02 Å². The number of hydrogen-bond acceptors (Lipinski definition) is 3. The Bertz CT molecular complexity index is 1280. The van der Waals surface area contributed by atoms with Gasteiger partial charge in [-0.15, -0.1) is 0 Å². The Morgan fingerprint density at radius 3 is 2.44 bits per heavy atom. The molecule has 1 aliphatic rings. The molecule has 0 aliphatic carbocycles. The van der Waals surface area contributed by atoms with E-state index < -0.39 is 6.04 Å². The number of carbonyl (C=O) groups is 3. The number of carbonyl (C=O) groups excluding carboxylic acids is 3. The normalized spacial score (nSPS) is 13.4. The Balaban J connectivity index is 1.46. The number of amides is 3. The summed E-state index contributed by atoms with van der Waals surface area (Å²) in [6, 6.07) is 18.3. The Kier molecular flexibility index (Phi) is 7.94. The molecule has 1 atom stereocenters. The first-order valence-corrected chi connectivity index (χ1v) is 12.8. The summed E-state index contributed by atoms with van der Waals surface area (Å²) in [5, 5.41) is 5.48. The Labute approximate surface area is 217 Å². The molecular formula is C29H32ClN3O3. The molecule has 3 aromatic rings. The average molecular weight is 506 g/mol. The lowest BCUT2D eigenvalue weighted by molar-refractivity contribution is -0.140. The van der Waals surface area contributed by atoms with E-state index in [0.717, 1.165) is 22.0 Å². The number of rotatable bonds is 10. The fourth-order valence-electron chi connectivity index (χ4n) is 4.58. The standard InChI is InChI=1S/C29H32ClN3O3/c1-19(2)17-31-28(35)20(3)33(18-22-9-4-5-13-24(22)30)26(34)15-8-16-32-25-14-7-11-21-10-6-12-23(27(21)25)29(32)36/h4-7,9-14,19-20H,8,15-18H2,1-3H3,(H,31,35)/t20-/m1/s1. The van der Waals surface area contributed by atoms with Gasteiger partial charge in [-0.05, 0) is 48.4 Å². The van der Waals surface area contributed by atoms with E-state index in [1.165, 1.54) is 0 Å². The fraction of sp³-hybridized carbons (Fsp3) is 0.345. The maximum absolute atomic E-state index is 13.4. The maximum Gasteiger partial charge on any atom is 0.258 e. The van der Waals surface area contributed by atoms with Crippen LogP contribution in [-0.4, -0.2) is 41.8 Å². The third kappa shape index (κ3) is 5.39. The molecule has 1 heterocycles. The minimum Gasteiger partial charge on any atom is -0.354 e. The van der Waals surface area contributed by atoms with Gasteiger partial charge in [0.1, 0.15) is 6.04 Å². The molecule has 3 amide bonds. The van der Waals surface area contributed by atoms with Crippen LogP contribution in [0.1, 0.15) is 49.5 Å². The zero-order valence-electron chi connectivity index (χ0n) is 21.0. The van der Waals surface area contributed by atoms with Crippen LogP contribution in [-0.2, 0) is 16.1 Å². The molecular weight excluding hydrogens is 474 g/mol. The summed E-state index contributed by atoms with van der Waals surface area (Å²) in [5.41, 5.74) is 2.37. The second kappa shape index (κ2) is 11.1. The summed E-state index contributed by atoms with van der Waals surface area (Å²) in [4.78, 5) is 42.6. The average Bonchev–Trinajstić information content (AvgIpc) is 3.14. The van der Waals surface area contributed by atoms with E-state index in [9.17, 15) is 14.4 Å². The quantitative estimate of drug-likeness (QED) is 0.400. The molecule has 7 heteroatoms. The van der Waals surface area contributed by atoms with Crippen molar-refractivity contribution in [1.82, 2.24) is 10.2 Å². The van der Waals surface area contributed by atoms with E-state index in [1.807, 2.05) is 68.4 Å². The number of anilines is 1. The van der Waals surface area contributed by atoms with Crippen LogP contribution < -0.4 is 10.2 Å². The predicted octanol–water partition coefficient (Wildman–Crippen LogP) is 5.42. The second-order valence-corrected chi connectivity index (χ2v) is 10.1. The van der Waals surface area contributed by atoms with Gasteiger partial charge in [-0.1, -0.05) is 67.9 Å². The van der Waals surface area contributed by atoms with Gasteiger partial charge in [-0.2, -0.15) is 0 Å². The number of nitrogens with zero attached hydrogens (tertiary/aromatic N) is 2. The van der Waals surface area contributed by atoms with E-state index in [2.05, 4.69) is 5.32 Å². The van der Waals surface area contributed by atoms with Gasteiger partial charge in [0.2, 0.25) is 11.8 Å². The van der Waals surface area contributed by atoms with Gasteiger partial charge < -0.3 is 15.1 Å². The Morgan fingerprint density at radius 2 is 1.72 bits per heavy atom. The van der Waals surface area contributed by atoms with Crippen molar-refractivity contribution in [2.45, 2.75) is 46.2 Å². The highest BCUT2D eigenvalue weighted by Gasteiger charge is 2.30. The molecule has 1 N–H and O–H groups in total. The van der Waals surface area contributed by atoms with E-state index in [1.54, 1.807) is 22.8 Å². The maximum atomic E-state index is 13.4. The van der Waals surface area contributed by atoms with Crippen molar-refractivity contribution in [2.75, 3.05) is 18.0 Å². The molecule has 0 unspecified atom stereocenters. The van der Waals surface area contributed by atoms with Crippen molar-refractivity contribution in [3.05, 3.63) is 76.8 Å². The van der Waals surface area contributed by atoms with Crippen molar-refractivity contribution in [3.63, 3.8) is 0 Å². The van der Waals surface area contributed by atoms with Gasteiger partial charge in [0.25, 0.3) is 5.91 Å². The molecule has 0 spiro atoms. The van der Waals surface area contributed by atoms with E-state index in [-0.39, 0.29) is 30.7 Å². The van der Waals surface area contributed by atoms with Crippen LogP contribution in [0.25, 0.3) is 10.8 Å². The molecule has 0 fully saturated rings. The monoisotopic (exact) mass is 505 g/mol. The van der Waals surface area contributed by atoms with E-state index in [4.69, 9.17) is 11.6 Å². The molecule has 6 nitrogen and oxygen atoms in total. The molecule has 1 aliphatic heterocycles. The van der Waals surface area contributed by atoms with E-state index >= 15 is 0 Å². The number of halogens is 1. The minimum absolute atomic E-state index is 0.0383. The molecule has 0 radical (unpaired) electrons. The minimum atomic E-state index is -0.654. The van der Waals surface area contributed by atoms with Crippen molar-refractivity contribution in [1.29, 1.82) is 0 Å². The van der Waals surface area contributed by atoms with Crippen LogP contribution in [0.5, 0.6) is 0 Å². The van der Waals surface area contributed by atoms with Gasteiger partial charge in [-0.25, -0.2) is 0 Å². The summed E-state index contributed by atoms with van der Waals surface area (Å²) >= 11 is 6.37. The van der Waals surface area contributed by atoms with Gasteiger partial charge in [0, 0.05) is 42.0 Å². The Morgan fingerprint density at radius 1 is 1.00 bits per heavy atom. The first kappa shape index (κ1) is 25.7. The van der Waals surface area contributed by atoms with Crippen molar-refractivity contribution in [3.8, 4) is 0 Å². The van der Waals surface area contributed by atoms with Crippen LogP contribution in [0, 0.1) is 5.92 Å². The molecule has 4 rings (SSSR count). The molecule has 0 bridgehead atoms. The summed E-state index contributed by atoms with van der Waals surface area (Å²) in [6.45, 7) is 6.99. The third-order valence-electron chi connectivity index (χ3n) is 6.57. The van der Waals surface area contributed by atoms with Crippen LogP contribution >= 0.6 is 11.6 Å². The topological polar surface area (TPSA) is 69.7 Å². The molecule has 36 heavy (non-hydrogen) atoms. The third-order valence-corrected chi connectivity index (χ3v) is 6.94. The highest BCUT2D eigenvalue weighted by Crippen LogP contribution is 2.37. The second-order valence-electron chi connectivity index (χ2n) is 9.67. The van der Waals surface area contributed by atoms with Gasteiger partial charge in [0.05, 0.1) is 5.69 Å². The first-order chi connectivity index (χ1) is 17.3. The van der Waals surface area contributed by atoms with Gasteiger partial charge in [0.15, 0.2) is 0 Å². The smallest absolute Gasteiger partial charge is 0.258 e. The largest absolute Gasteiger partial charge is 0.354 e. The highest BCUT2D eigenvalue weighted by molar-refractivity contribution is 6.31. The summed E-state index contributed by atoms with van der Waals surface area (Å²) < 4.78 is 0. The molecule has 0 saturated carbocycles. The first-order valence-electron chi connectivity index (χ1n) is 12.4. The molecule has 188 valence electrons. The number of hydrogen-bond donors (Lipinski definition) is 1. The van der Waals surface area contributed by atoms with Gasteiger partial charge in [-0.3, -0.25) is 14.4 Å². The lowest BCUT2D eigenvalue weighted by Crippen LogP contribution is -2.48. The highest BCUT2D eigenvalue weighted by atomic mass is 35.5. The fourth-order valence-corrected chi connectivity index (χ4v) is 4.77. The van der Waals surface area contributed by atoms with Crippen molar-refractivity contribution in [2.24, 2.45) is 5.92 Å². The number of nitrogens with one attached hydrogen (secondary N) is 1. The van der Waals surface area contributed by atoms with Crippen LogP contribution in [0.15, 0.2) is 60.7 Å². The molecule has 0 aromatic heterocycles. The van der Waals surface area contributed by atoms with E-state index in [0.29, 0.717) is 36.0 Å². The van der Waals surface area contributed by atoms with Crippen molar-refractivity contribution >= 4 is 45.8 Å². The lowest BCUT2D eigenvalue weighted by Gasteiger charge is -2.29. The van der Waals surface area contributed by atoms with Crippen LogP contribution in [0.3, 0.4) is 0 Å². The summed E-state index contributed by atoms with van der Waals surface area (Å²) in [7, 11) is 0. The molecule has 0 saturated heterocycles. The SMILES string of the molecule is CC(C)CNC(=O)[C@@H](C)N(Cc1ccccc1Cl)C(=O)CCCN1C(=O)c2cccc3cccc1c23. The van der Waals surface area contributed by atoms with Crippen molar-refractivity contribution < 1.29 is 14.4 Å². The summed E-state index contributed by atoms with van der Waals surface area (Å²) in [5.74, 6) is -0.0746.